The molecule has 5 aliphatic heterocycles. The fourth-order valence-corrected chi connectivity index (χ4v) is 8.75. The summed E-state index contributed by atoms with van der Waals surface area (Å²) in [6, 6.07) is 0. The fraction of sp³-hybridized carbons (Fsp3) is 0.725. The second-order valence-electron chi connectivity index (χ2n) is 15.9. The van der Waals surface area contributed by atoms with Gasteiger partial charge in [0, 0.05) is 38.2 Å². The van der Waals surface area contributed by atoms with Gasteiger partial charge in [-0.3, -0.25) is 4.79 Å². The topological polar surface area (TPSA) is 142 Å². The van der Waals surface area contributed by atoms with Crippen molar-refractivity contribution in [3.8, 4) is 0 Å². The zero-order chi connectivity index (χ0) is 36.8. The SMILES string of the molecule is CO[C@H]1C[C@H](O[C@@H]2/C(C)=C/C[C@@H]3C[C@@H](C[C@]4(C=C[C@H](C)[C@@H](C(C)C)O4)O3)OC(=O)[C@@H]3C=C(C)[C@@H](O)[C@H]4OC/C(=C/C=C/[C@@H]2C)[C@]43O)O[C@@H](C)[C@@H]1O. The predicted molar refractivity (Wildman–Crippen MR) is 188 cm³/mol. The summed E-state index contributed by atoms with van der Waals surface area (Å²) in [5, 5.41) is 34.0. The number of hydrogen-bond donors (Lipinski definition) is 3. The number of esters is 1. The maximum atomic E-state index is 14.2. The highest BCUT2D eigenvalue weighted by Crippen LogP contribution is 2.47. The van der Waals surface area contributed by atoms with E-state index in [-0.39, 0.29) is 36.6 Å². The third-order valence-corrected chi connectivity index (χ3v) is 11.7. The first kappa shape index (κ1) is 38.5. The maximum absolute atomic E-state index is 14.2. The van der Waals surface area contributed by atoms with Gasteiger partial charge in [-0.1, -0.05) is 64.2 Å². The Bertz CT molecular complexity index is 1430. The van der Waals surface area contributed by atoms with Crippen LogP contribution in [-0.4, -0.2) is 108 Å². The van der Waals surface area contributed by atoms with Crippen LogP contribution in [0.4, 0.5) is 0 Å². The molecule has 11 nitrogen and oxygen atoms in total. The van der Waals surface area contributed by atoms with Gasteiger partial charge in [-0.15, -0.1) is 0 Å². The molecule has 0 aromatic rings. The van der Waals surface area contributed by atoms with Crippen molar-refractivity contribution in [2.45, 2.75) is 147 Å². The predicted octanol–water partition coefficient (Wildman–Crippen LogP) is 4.45. The van der Waals surface area contributed by atoms with E-state index < -0.39 is 72.3 Å². The molecule has 1 spiro atoms. The van der Waals surface area contributed by atoms with Gasteiger partial charge in [0.05, 0.1) is 37.1 Å². The fourth-order valence-electron chi connectivity index (χ4n) is 8.75. The van der Waals surface area contributed by atoms with Gasteiger partial charge in [0.25, 0.3) is 0 Å². The third-order valence-electron chi connectivity index (χ3n) is 11.7. The van der Waals surface area contributed by atoms with Gasteiger partial charge in [0.1, 0.15) is 35.9 Å². The van der Waals surface area contributed by atoms with Crippen LogP contribution in [0.25, 0.3) is 0 Å². The zero-order valence-corrected chi connectivity index (χ0v) is 31.3. The van der Waals surface area contributed by atoms with Crippen molar-refractivity contribution in [2.75, 3.05) is 13.7 Å². The van der Waals surface area contributed by atoms with E-state index >= 15 is 0 Å². The molecule has 6 rings (SSSR count). The molecule has 3 fully saturated rings. The maximum Gasteiger partial charge on any atom is 0.316 e. The van der Waals surface area contributed by atoms with Gasteiger partial charge in [0.15, 0.2) is 12.1 Å². The highest BCUT2D eigenvalue weighted by Gasteiger charge is 2.60. The highest BCUT2D eigenvalue weighted by molar-refractivity contribution is 5.78. The summed E-state index contributed by atoms with van der Waals surface area (Å²) in [6.45, 7) is 14.0. The number of hydrogen-bond acceptors (Lipinski definition) is 11. The van der Waals surface area contributed by atoms with Crippen molar-refractivity contribution >= 4 is 5.97 Å². The normalized spacial score (nSPS) is 49.0. The number of aliphatic hydroxyl groups excluding tert-OH is 2. The number of aliphatic hydroxyl groups is 3. The monoisotopic (exact) mass is 714 g/mol. The molecule has 6 aliphatic rings. The number of methoxy groups -OCH3 is 1. The minimum Gasteiger partial charge on any atom is -0.462 e. The summed E-state index contributed by atoms with van der Waals surface area (Å²) in [4.78, 5) is 14.2. The van der Waals surface area contributed by atoms with Crippen molar-refractivity contribution in [1.29, 1.82) is 0 Å². The number of allylic oxidation sites excluding steroid dienone is 2. The third kappa shape index (κ3) is 7.61. The van der Waals surface area contributed by atoms with Crippen LogP contribution in [0.5, 0.6) is 0 Å². The van der Waals surface area contributed by atoms with Crippen LogP contribution >= 0.6 is 0 Å². The molecule has 0 aromatic heterocycles. The van der Waals surface area contributed by atoms with Crippen molar-refractivity contribution in [3.63, 3.8) is 0 Å². The largest absolute Gasteiger partial charge is 0.462 e. The standard InChI is InChI=1S/C40H58O11/c1-21(2)35-24(5)14-15-39(51-35)19-29-17-28(50-39)13-12-23(4)36(49-32-18-31(45-8)34(42)26(7)47-32)22(3)10-9-11-27-20-46-37-33(41)25(6)16-30(38(43)48-29)40(27,37)44/h9-12,14-16,21-22,24,26,28-37,41-42,44H,13,17-20H2,1-8H3/b10-9+,23-12+,27-11-/t22-,24-,26-,28+,29-,30-,31-,32-,33+,34-,35+,36-,37+,39+,40+/m0/s1. The van der Waals surface area contributed by atoms with Crippen molar-refractivity contribution in [3.05, 3.63) is 59.3 Å². The first-order valence-corrected chi connectivity index (χ1v) is 18.7. The molecule has 2 bridgehead atoms. The van der Waals surface area contributed by atoms with E-state index in [9.17, 15) is 20.1 Å². The lowest BCUT2D eigenvalue weighted by Crippen LogP contribution is -2.58. The molecule has 3 saturated heterocycles. The van der Waals surface area contributed by atoms with E-state index in [0.29, 0.717) is 36.8 Å². The Morgan fingerprint density at radius 1 is 1.00 bits per heavy atom. The van der Waals surface area contributed by atoms with E-state index in [1.807, 2.05) is 39.0 Å². The molecular weight excluding hydrogens is 656 g/mol. The number of rotatable bonds is 4. The van der Waals surface area contributed by atoms with Crippen LogP contribution in [0, 0.1) is 23.7 Å². The molecular formula is C40H58O11. The molecule has 0 saturated carbocycles. The van der Waals surface area contributed by atoms with E-state index in [1.54, 1.807) is 26.2 Å². The number of carbonyl (C=O) groups is 1. The van der Waals surface area contributed by atoms with Crippen molar-refractivity contribution in [1.82, 2.24) is 0 Å². The van der Waals surface area contributed by atoms with Crippen molar-refractivity contribution < 1.29 is 53.3 Å². The quantitative estimate of drug-likeness (QED) is 0.281. The summed E-state index contributed by atoms with van der Waals surface area (Å²) in [5.41, 5.74) is 0.180. The Labute approximate surface area is 302 Å². The summed E-state index contributed by atoms with van der Waals surface area (Å²) in [6.07, 6.45) is 9.22. The molecule has 11 heteroatoms. The lowest BCUT2D eigenvalue weighted by atomic mass is 9.71. The van der Waals surface area contributed by atoms with E-state index in [2.05, 4.69) is 32.9 Å². The first-order valence-electron chi connectivity index (χ1n) is 18.7. The lowest BCUT2D eigenvalue weighted by molar-refractivity contribution is -0.299. The summed E-state index contributed by atoms with van der Waals surface area (Å²) in [7, 11) is 1.58. The van der Waals surface area contributed by atoms with Gasteiger partial charge < -0.3 is 48.5 Å². The smallest absolute Gasteiger partial charge is 0.316 e. The van der Waals surface area contributed by atoms with E-state index in [4.69, 9.17) is 33.2 Å². The molecule has 51 heavy (non-hydrogen) atoms. The Hall–Kier alpha value is -2.19. The minimum absolute atomic E-state index is 0.0467. The average molecular weight is 715 g/mol. The van der Waals surface area contributed by atoms with Gasteiger partial charge in [0.2, 0.25) is 0 Å². The molecule has 0 radical (unpaired) electrons. The molecule has 0 amide bonds. The summed E-state index contributed by atoms with van der Waals surface area (Å²) < 4.78 is 44.1. The van der Waals surface area contributed by atoms with E-state index in [0.717, 1.165) is 5.57 Å². The minimum atomic E-state index is -1.81. The second-order valence-corrected chi connectivity index (χ2v) is 15.9. The highest BCUT2D eigenvalue weighted by atomic mass is 16.7. The second kappa shape index (κ2) is 15.3. The van der Waals surface area contributed by atoms with Gasteiger partial charge in [-0.2, -0.15) is 0 Å². The van der Waals surface area contributed by atoms with Gasteiger partial charge in [-0.25, -0.2) is 0 Å². The number of ether oxygens (including phenoxy) is 7. The van der Waals surface area contributed by atoms with Crippen LogP contribution in [0.2, 0.25) is 0 Å². The number of carbonyl (C=O) groups excluding carboxylic acids is 1. The Kier molecular flexibility index (Phi) is 11.5. The Morgan fingerprint density at radius 2 is 1.76 bits per heavy atom. The first-order chi connectivity index (χ1) is 24.2. The molecule has 5 heterocycles. The molecule has 0 unspecified atom stereocenters. The molecule has 1 aliphatic carbocycles. The zero-order valence-electron chi connectivity index (χ0n) is 31.3. The lowest BCUT2D eigenvalue weighted by Gasteiger charge is -2.48. The molecule has 3 N–H and O–H groups in total. The Balaban J connectivity index is 1.38. The van der Waals surface area contributed by atoms with Crippen LogP contribution in [-0.2, 0) is 38.0 Å². The molecule has 0 aromatic carbocycles. The average Bonchev–Trinajstić information content (AvgIpc) is 3.42. The van der Waals surface area contributed by atoms with E-state index in [1.165, 1.54) is 0 Å². The van der Waals surface area contributed by atoms with Crippen LogP contribution in [0.1, 0.15) is 74.1 Å². The van der Waals surface area contributed by atoms with Gasteiger partial charge >= 0.3 is 5.97 Å². The summed E-state index contributed by atoms with van der Waals surface area (Å²) >= 11 is 0. The molecule has 284 valence electrons. The number of fused-ring (bicyclic) bond motifs is 2. The Morgan fingerprint density at radius 3 is 2.49 bits per heavy atom. The van der Waals surface area contributed by atoms with Crippen LogP contribution < -0.4 is 0 Å². The van der Waals surface area contributed by atoms with Crippen molar-refractivity contribution in [2.24, 2.45) is 23.7 Å². The van der Waals surface area contributed by atoms with Crippen LogP contribution in [0.3, 0.4) is 0 Å². The molecule has 15 atom stereocenters. The van der Waals surface area contributed by atoms with Gasteiger partial charge in [-0.05, 0) is 55.9 Å². The summed E-state index contributed by atoms with van der Waals surface area (Å²) in [5.74, 6) is -2.50. The van der Waals surface area contributed by atoms with Crippen LogP contribution in [0.15, 0.2) is 59.3 Å².